The van der Waals surface area contributed by atoms with Gasteiger partial charge in [-0.25, -0.2) is 0 Å². The molecule has 1 N–H and O–H groups in total. The third-order valence-corrected chi connectivity index (χ3v) is 3.32. The van der Waals surface area contributed by atoms with Crippen LogP contribution in [0.2, 0.25) is 0 Å². The molecule has 0 saturated carbocycles. The van der Waals surface area contributed by atoms with E-state index in [2.05, 4.69) is 4.90 Å². The molecule has 1 rings (SSSR count). The topological polar surface area (TPSA) is 41.9 Å². The molecule has 4 nitrogen and oxygen atoms in total. The van der Waals surface area contributed by atoms with Crippen LogP contribution in [0.15, 0.2) is 0 Å². The summed E-state index contributed by atoms with van der Waals surface area (Å²) in [4.78, 5) is 2.46. The maximum Gasteiger partial charge on any atom is 0.0700 e. The molecule has 1 aliphatic heterocycles. The quantitative estimate of drug-likeness (QED) is 0.654. The van der Waals surface area contributed by atoms with Gasteiger partial charge in [-0.1, -0.05) is 6.42 Å². The second kappa shape index (κ2) is 8.86. The number of ether oxygens (including phenoxy) is 2. The van der Waals surface area contributed by atoms with Crippen LogP contribution in [0.1, 0.15) is 32.6 Å². The minimum atomic E-state index is -0.199. The van der Waals surface area contributed by atoms with Gasteiger partial charge in [-0.05, 0) is 32.7 Å². The first-order valence-electron chi connectivity index (χ1n) is 6.73. The van der Waals surface area contributed by atoms with E-state index in [0.717, 1.165) is 26.1 Å². The lowest BCUT2D eigenvalue weighted by Gasteiger charge is -2.36. The summed E-state index contributed by atoms with van der Waals surface area (Å²) in [6.45, 7) is 6.09. The Morgan fingerprint density at radius 3 is 2.82 bits per heavy atom. The summed E-state index contributed by atoms with van der Waals surface area (Å²) in [6, 6.07) is 0.537. The summed E-state index contributed by atoms with van der Waals surface area (Å²) < 4.78 is 10.4. The second-order valence-corrected chi connectivity index (χ2v) is 4.88. The molecule has 0 spiro atoms. The smallest absolute Gasteiger partial charge is 0.0700 e. The average Bonchev–Trinajstić information content (AvgIpc) is 2.30. The van der Waals surface area contributed by atoms with Crippen LogP contribution in [0.25, 0.3) is 0 Å². The van der Waals surface area contributed by atoms with Crippen molar-refractivity contribution in [2.24, 2.45) is 0 Å². The molecule has 0 aromatic rings. The molecular formula is C13H27NO3. The molecule has 17 heavy (non-hydrogen) atoms. The van der Waals surface area contributed by atoms with E-state index in [1.54, 1.807) is 7.11 Å². The first kappa shape index (κ1) is 14.9. The van der Waals surface area contributed by atoms with Crippen LogP contribution < -0.4 is 0 Å². The fourth-order valence-corrected chi connectivity index (χ4v) is 2.44. The molecule has 2 atom stereocenters. The molecule has 1 fully saturated rings. The van der Waals surface area contributed by atoms with E-state index >= 15 is 0 Å². The molecule has 1 aliphatic rings. The van der Waals surface area contributed by atoms with Gasteiger partial charge in [-0.15, -0.1) is 0 Å². The second-order valence-electron chi connectivity index (χ2n) is 4.88. The number of likely N-dealkylation sites (tertiary alicyclic amines) is 1. The Morgan fingerprint density at radius 2 is 2.12 bits per heavy atom. The van der Waals surface area contributed by atoms with E-state index in [9.17, 15) is 5.11 Å². The summed E-state index contributed by atoms with van der Waals surface area (Å²) in [5.74, 6) is 0. The van der Waals surface area contributed by atoms with Gasteiger partial charge in [0.05, 0.1) is 25.9 Å². The van der Waals surface area contributed by atoms with E-state index < -0.39 is 0 Å². The number of hydrogen-bond donors (Lipinski definition) is 1. The predicted octanol–water partition coefficient (Wildman–Crippen LogP) is 1.27. The van der Waals surface area contributed by atoms with Crippen molar-refractivity contribution in [1.29, 1.82) is 0 Å². The molecule has 0 amide bonds. The molecule has 2 unspecified atom stereocenters. The van der Waals surface area contributed by atoms with Crippen molar-refractivity contribution in [3.05, 3.63) is 0 Å². The molecule has 0 radical (unpaired) electrons. The van der Waals surface area contributed by atoms with Crippen molar-refractivity contribution < 1.29 is 14.6 Å². The van der Waals surface area contributed by atoms with Crippen LogP contribution >= 0.6 is 0 Å². The maximum absolute atomic E-state index is 9.49. The number of aliphatic hydroxyl groups excluding tert-OH is 1. The molecule has 0 aliphatic carbocycles. The van der Waals surface area contributed by atoms with Crippen LogP contribution in [0.5, 0.6) is 0 Å². The predicted molar refractivity (Wildman–Crippen MR) is 68.2 cm³/mol. The van der Waals surface area contributed by atoms with Crippen molar-refractivity contribution in [3.63, 3.8) is 0 Å². The van der Waals surface area contributed by atoms with Crippen LogP contribution in [-0.4, -0.2) is 62.2 Å². The van der Waals surface area contributed by atoms with E-state index in [4.69, 9.17) is 9.47 Å². The van der Waals surface area contributed by atoms with Crippen molar-refractivity contribution in [2.75, 3.05) is 40.0 Å². The number of nitrogens with zero attached hydrogens (tertiary/aromatic N) is 1. The Hall–Kier alpha value is -0.160. The Morgan fingerprint density at radius 1 is 1.29 bits per heavy atom. The monoisotopic (exact) mass is 245 g/mol. The number of hydrogen-bond acceptors (Lipinski definition) is 4. The van der Waals surface area contributed by atoms with Gasteiger partial charge >= 0.3 is 0 Å². The lowest BCUT2D eigenvalue weighted by molar-refractivity contribution is 0.0320. The average molecular weight is 245 g/mol. The number of piperidine rings is 1. The minimum absolute atomic E-state index is 0.199. The van der Waals surface area contributed by atoms with Gasteiger partial charge in [0.15, 0.2) is 0 Å². The van der Waals surface area contributed by atoms with Gasteiger partial charge in [-0.2, -0.15) is 0 Å². The standard InChI is InChI=1S/C13H27NO3/c1-12(15)11-13-5-3-4-6-14(13)7-8-17-10-9-16-2/h12-13,15H,3-11H2,1-2H3. The number of rotatable bonds is 8. The van der Waals surface area contributed by atoms with Gasteiger partial charge in [-0.3, -0.25) is 4.90 Å². The normalized spacial score (nSPS) is 23.8. The fourth-order valence-electron chi connectivity index (χ4n) is 2.44. The Labute approximate surface area is 105 Å². The molecule has 1 heterocycles. The molecular weight excluding hydrogens is 218 g/mol. The zero-order valence-corrected chi connectivity index (χ0v) is 11.2. The molecule has 0 aromatic carbocycles. The summed E-state index contributed by atoms with van der Waals surface area (Å²) >= 11 is 0. The van der Waals surface area contributed by atoms with E-state index in [1.165, 1.54) is 19.3 Å². The zero-order valence-electron chi connectivity index (χ0n) is 11.2. The van der Waals surface area contributed by atoms with E-state index in [-0.39, 0.29) is 6.10 Å². The minimum Gasteiger partial charge on any atom is -0.393 e. The molecule has 0 aromatic heterocycles. The highest BCUT2D eigenvalue weighted by Crippen LogP contribution is 2.20. The Kier molecular flexibility index (Phi) is 7.77. The first-order valence-corrected chi connectivity index (χ1v) is 6.73. The van der Waals surface area contributed by atoms with Gasteiger partial charge in [0.25, 0.3) is 0 Å². The third-order valence-electron chi connectivity index (χ3n) is 3.32. The zero-order chi connectivity index (χ0) is 12.5. The van der Waals surface area contributed by atoms with Crippen molar-refractivity contribution in [3.8, 4) is 0 Å². The van der Waals surface area contributed by atoms with Crippen LogP contribution in [-0.2, 0) is 9.47 Å². The maximum atomic E-state index is 9.49. The van der Waals surface area contributed by atoms with Gasteiger partial charge in [0.2, 0.25) is 0 Å². The van der Waals surface area contributed by atoms with Crippen LogP contribution in [0, 0.1) is 0 Å². The summed E-state index contributed by atoms with van der Waals surface area (Å²) in [6.07, 6.45) is 4.46. The summed E-state index contributed by atoms with van der Waals surface area (Å²) in [5, 5.41) is 9.49. The third kappa shape index (κ3) is 6.36. The van der Waals surface area contributed by atoms with Gasteiger partial charge in [0, 0.05) is 19.7 Å². The molecule has 1 saturated heterocycles. The van der Waals surface area contributed by atoms with Crippen molar-refractivity contribution in [1.82, 2.24) is 4.90 Å². The highest BCUT2D eigenvalue weighted by atomic mass is 16.5. The fraction of sp³-hybridized carbons (Fsp3) is 1.00. The summed E-state index contributed by atoms with van der Waals surface area (Å²) in [7, 11) is 1.69. The van der Waals surface area contributed by atoms with Crippen LogP contribution in [0.4, 0.5) is 0 Å². The summed E-state index contributed by atoms with van der Waals surface area (Å²) in [5.41, 5.74) is 0. The van der Waals surface area contributed by atoms with Gasteiger partial charge < -0.3 is 14.6 Å². The molecule has 0 bridgehead atoms. The van der Waals surface area contributed by atoms with Gasteiger partial charge in [0.1, 0.15) is 0 Å². The highest BCUT2D eigenvalue weighted by molar-refractivity contribution is 4.78. The Balaban J connectivity index is 2.18. The van der Waals surface area contributed by atoms with Crippen molar-refractivity contribution >= 4 is 0 Å². The largest absolute Gasteiger partial charge is 0.393 e. The van der Waals surface area contributed by atoms with Crippen LogP contribution in [0.3, 0.4) is 0 Å². The van der Waals surface area contributed by atoms with Crippen molar-refractivity contribution in [2.45, 2.75) is 44.8 Å². The lowest BCUT2D eigenvalue weighted by atomic mass is 9.97. The first-order chi connectivity index (χ1) is 8.24. The van der Waals surface area contributed by atoms with E-state index in [1.807, 2.05) is 6.92 Å². The SMILES string of the molecule is COCCOCCN1CCCCC1CC(C)O. The lowest BCUT2D eigenvalue weighted by Crippen LogP contribution is -2.42. The highest BCUT2D eigenvalue weighted by Gasteiger charge is 2.22. The van der Waals surface area contributed by atoms with E-state index in [0.29, 0.717) is 19.3 Å². The number of aliphatic hydroxyl groups is 1. The molecule has 4 heteroatoms. The molecule has 102 valence electrons. The number of methoxy groups -OCH3 is 1. The Bertz CT molecular complexity index is 188.